The number of fused-ring (bicyclic) bond motifs is 2. The molecule has 11 heteroatoms. The molecular formula is C20H24F2N6O3. The van der Waals surface area contributed by atoms with Crippen molar-refractivity contribution in [3.8, 4) is 0 Å². The van der Waals surface area contributed by atoms with E-state index in [0.29, 0.717) is 64.6 Å². The highest BCUT2D eigenvalue weighted by atomic mass is 19.3. The molecule has 2 aromatic rings. The summed E-state index contributed by atoms with van der Waals surface area (Å²) in [5.74, 6) is 0.229. The highest BCUT2D eigenvalue weighted by Gasteiger charge is 2.45. The fourth-order valence-corrected chi connectivity index (χ4v) is 4.91. The first-order chi connectivity index (χ1) is 15.0. The maximum Gasteiger partial charge on any atom is 0.279 e. The van der Waals surface area contributed by atoms with Crippen LogP contribution in [0.4, 0.5) is 14.7 Å². The van der Waals surface area contributed by atoms with Crippen LogP contribution < -0.4 is 10.5 Å². The van der Waals surface area contributed by atoms with Crippen LogP contribution in [-0.4, -0.2) is 70.4 Å². The van der Waals surface area contributed by atoms with Crippen molar-refractivity contribution in [2.45, 2.75) is 37.5 Å². The van der Waals surface area contributed by atoms with Crippen LogP contribution in [0.1, 0.15) is 53.1 Å². The molecule has 1 aliphatic carbocycles. The highest BCUT2D eigenvalue weighted by Crippen LogP contribution is 2.44. The number of likely N-dealkylation sites (tertiary alicyclic amines) is 1. The van der Waals surface area contributed by atoms with Gasteiger partial charge in [-0.1, -0.05) is 0 Å². The van der Waals surface area contributed by atoms with Crippen molar-refractivity contribution < 1.29 is 18.3 Å². The lowest BCUT2D eigenvalue weighted by atomic mass is 9.76. The van der Waals surface area contributed by atoms with E-state index in [9.17, 15) is 18.4 Å². The molecule has 0 aromatic carbocycles. The van der Waals surface area contributed by atoms with E-state index in [4.69, 9.17) is 9.72 Å². The molecule has 0 bridgehead atoms. The van der Waals surface area contributed by atoms with Gasteiger partial charge >= 0.3 is 0 Å². The van der Waals surface area contributed by atoms with Gasteiger partial charge in [-0.15, -0.1) is 0 Å². The van der Waals surface area contributed by atoms with Gasteiger partial charge in [-0.3, -0.25) is 19.7 Å². The average molecular weight is 434 g/mol. The van der Waals surface area contributed by atoms with Crippen molar-refractivity contribution in [1.82, 2.24) is 25.1 Å². The van der Waals surface area contributed by atoms with Gasteiger partial charge in [-0.2, -0.15) is 5.10 Å². The third-order valence-corrected chi connectivity index (χ3v) is 6.73. The van der Waals surface area contributed by atoms with E-state index in [1.54, 1.807) is 4.90 Å². The second kappa shape index (κ2) is 7.70. The van der Waals surface area contributed by atoms with Gasteiger partial charge in [-0.25, -0.2) is 13.8 Å². The Morgan fingerprint density at radius 3 is 2.58 bits per heavy atom. The molecule has 0 atom stereocenters. The Kier molecular flexibility index (Phi) is 4.99. The quantitative estimate of drug-likeness (QED) is 0.756. The molecule has 9 nitrogen and oxygen atoms in total. The maximum absolute atomic E-state index is 12.8. The molecule has 1 spiro atoms. The van der Waals surface area contributed by atoms with Gasteiger partial charge in [0.1, 0.15) is 5.69 Å². The number of carbonyl (C=O) groups is 1. The minimum atomic E-state index is -2.70. The van der Waals surface area contributed by atoms with Gasteiger partial charge in [-0.05, 0) is 31.7 Å². The first kappa shape index (κ1) is 20.1. The third-order valence-electron chi connectivity index (χ3n) is 6.73. The highest BCUT2D eigenvalue weighted by molar-refractivity contribution is 5.92. The number of anilines is 1. The van der Waals surface area contributed by atoms with Crippen molar-refractivity contribution in [2.75, 3.05) is 44.3 Å². The van der Waals surface area contributed by atoms with Crippen LogP contribution in [0.3, 0.4) is 0 Å². The molecule has 1 amide bonds. The number of morpholine rings is 1. The van der Waals surface area contributed by atoms with Crippen molar-refractivity contribution in [3.05, 3.63) is 39.1 Å². The summed E-state index contributed by atoms with van der Waals surface area (Å²) in [5, 5.41) is 5.96. The SMILES string of the molecule is O=C(c1cc(C(F)F)[nH]n1)N1CCC2(CCc3c2nc(N2CCOCC2)[nH]c3=O)CC1. The minimum absolute atomic E-state index is 0.00208. The van der Waals surface area contributed by atoms with E-state index in [1.165, 1.54) is 0 Å². The molecule has 31 heavy (non-hydrogen) atoms. The zero-order valence-electron chi connectivity index (χ0n) is 17.0. The Balaban J connectivity index is 1.35. The number of halogens is 2. The number of rotatable bonds is 3. The molecule has 5 rings (SSSR count). The zero-order chi connectivity index (χ0) is 21.6. The Morgan fingerprint density at radius 1 is 1.16 bits per heavy atom. The second-order valence-corrected chi connectivity index (χ2v) is 8.40. The van der Waals surface area contributed by atoms with E-state index in [0.717, 1.165) is 23.7 Å². The summed E-state index contributed by atoms with van der Waals surface area (Å²) in [4.78, 5) is 36.9. The molecule has 0 radical (unpaired) electrons. The Labute approximate surface area is 176 Å². The summed E-state index contributed by atoms with van der Waals surface area (Å²) in [6, 6.07) is 1.11. The zero-order valence-corrected chi connectivity index (χ0v) is 17.0. The number of hydrogen-bond acceptors (Lipinski definition) is 6. The van der Waals surface area contributed by atoms with Crippen LogP contribution in [0.15, 0.2) is 10.9 Å². The number of ether oxygens (including phenoxy) is 1. The van der Waals surface area contributed by atoms with Gasteiger partial charge in [0.2, 0.25) is 5.95 Å². The third kappa shape index (κ3) is 3.50. The van der Waals surface area contributed by atoms with Crippen LogP contribution in [0.5, 0.6) is 0 Å². The number of carbonyl (C=O) groups excluding carboxylic acids is 1. The molecule has 2 aromatic heterocycles. The molecule has 166 valence electrons. The molecule has 0 saturated carbocycles. The van der Waals surface area contributed by atoms with Crippen molar-refractivity contribution >= 4 is 11.9 Å². The smallest absolute Gasteiger partial charge is 0.279 e. The van der Waals surface area contributed by atoms with E-state index >= 15 is 0 Å². The second-order valence-electron chi connectivity index (χ2n) is 8.40. The molecule has 2 saturated heterocycles. The summed E-state index contributed by atoms with van der Waals surface area (Å²) in [7, 11) is 0. The predicted octanol–water partition coefficient (Wildman–Crippen LogP) is 1.39. The average Bonchev–Trinajstić information content (AvgIpc) is 3.41. The van der Waals surface area contributed by atoms with E-state index < -0.39 is 6.43 Å². The molecule has 0 unspecified atom stereocenters. The number of nitrogens with one attached hydrogen (secondary N) is 2. The number of nitrogens with zero attached hydrogens (tertiary/aromatic N) is 4. The number of amides is 1. The topological polar surface area (TPSA) is 107 Å². The Bertz CT molecular complexity index is 1040. The van der Waals surface area contributed by atoms with E-state index in [1.807, 2.05) is 4.90 Å². The Hall–Kier alpha value is -2.82. The normalized spacial score (nSPS) is 20.5. The van der Waals surface area contributed by atoms with Crippen LogP contribution in [-0.2, 0) is 16.6 Å². The summed E-state index contributed by atoms with van der Waals surface area (Å²) >= 11 is 0. The summed E-state index contributed by atoms with van der Waals surface area (Å²) in [6.45, 7) is 3.50. The lowest BCUT2D eigenvalue weighted by molar-refractivity contribution is 0.0657. The molecule has 2 fully saturated rings. The standard InChI is InChI=1S/C20H24F2N6O3/c21-16(22)13-11-14(26-25-13)18(30)27-5-3-20(4-6-27)2-1-12-15(20)23-19(24-17(12)29)28-7-9-31-10-8-28/h11,16H,1-10H2,(H,25,26)(H,23,24,29). The van der Waals surface area contributed by atoms with Crippen molar-refractivity contribution in [3.63, 3.8) is 0 Å². The van der Waals surface area contributed by atoms with E-state index in [-0.39, 0.29) is 28.3 Å². The summed E-state index contributed by atoms with van der Waals surface area (Å²) in [6.07, 6.45) is 0.156. The van der Waals surface area contributed by atoms with Gasteiger partial charge in [0.15, 0.2) is 5.69 Å². The van der Waals surface area contributed by atoms with Crippen LogP contribution in [0, 0.1) is 0 Å². The monoisotopic (exact) mass is 434 g/mol. The van der Waals surface area contributed by atoms with Crippen molar-refractivity contribution in [2.24, 2.45) is 0 Å². The Morgan fingerprint density at radius 2 is 1.90 bits per heavy atom. The lowest BCUT2D eigenvalue weighted by Gasteiger charge is -2.39. The first-order valence-corrected chi connectivity index (χ1v) is 10.6. The molecule has 3 aliphatic rings. The first-order valence-electron chi connectivity index (χ1n) is 10.6. The molecular weight excluding hydrogens is 410 g/mol. The van der Waals surface area contributed by atoms with Gasteiger partial charge in [0, 0.05) is 37.2 Å². The lowest BCUT2D eigenvalue weighted by Crippen LogP contribution is -2.45. The van der Waals surface area contributed by atoms with Crippen LogP contribution in [0.25, 0.3) is 0 Å². The fraction of sp³-hybridized carbons (Fsp3) is 0.600. The number of piperidine rings is 1. The van der Waals surface area contributed by atoms with E-state index in [2.05, 4.69) is 15.2 Å². The summed E-state index contributed by atoms with van der Waals surface area (Å²) in [5.41, 5.74) is 0.914. The van der Waals surface area contributed by atoms with Crippen LogP contribution in [0.2, 0.25) is 0 Å². The number of hydrogen-bond donors (Lipinski definition) is 2. The largest absolute Gasteiger partial charge is 0.378 e. The maximum atomic E-state index is 12.8. The predicted molar refractivity (Wildman–Crippen MR) is 107 cm³/mol. The van der Waals surface area contributed by atoms with Gasteiger partial charge in [0.25, 0.3) is 17.9 Å². The number of alkyl halides is 2. The minimum Gasteiger partial charge on any atom is -0.378 e. The molecule has 2 aliphatic heterocycles. The molecule has 2 N–H and O–H groups in total. The van der Waals surface area contributed by atoms with Gasteiger partial charge in [0.05, 0.1) is 18.9 Å². The number of aromatic nitrogens is 4. The van der Waals surface area contributed by atoms with Crippen LogP contribution >= 0.6 is 0 Å². The van der Waals surface area contributed by atoms with Gasteiger partial charge < -0.3 is 14.5 Å². The summed E-state index contributed by atoms with van der Waals surface area (Å²) < 4.78 is 31.0. The number of aromatic amines is 2. The number of H-pyrrole nitrogens is 2. The molecule has 4 heterocycles. The van der Waals surface area contributed by atoms with Crippen molar-refractivity contribution in [1.29, 1.82) is 0 Å². The fourth-order valence-electron chi connectivity index (χ4n) is 4.91.